The molecule has 2 heteroatoms. The monoisotopic (exact) mass is 212 g/mol. The van der Waals surface area contributed by atoms with Gasteiger partial charge in [0.1, 0.15) is 0 Å². The summed E-state index contributed by atoms with van der Waals surface area (Å²) >= 11 is 0. The number of pyridine rings is 1. The number of benzene rings is 1. The molecule has 1 heterocycles. The zero-order chi connectivity index (χ0) is 11.4. The highest BCUT2D eigenvalue weighted by atomic mass is 14.6. The van der Waals surface area contributed by atoms with Crippen molar-refractivity contribution in [2.45, 2.75) is 19.4 Å². The molecule has 0 saturated heterocycles. The van der Waals surface area contributed by atoms with Crippen molar-refractivity contribution in [2.75, 3.05) is 0 Å². The maximum Gasteiger partial charge on any atom is 0.0335 e. The molecule has 0 aliphatic rings. The molecule has 0 fully saturated rings. The lowest BCUT2D eigenvalue weighted by atomic mass is 9.98. The number of hydrogen-bond donors (Lipinski definition) is 1. The molecule has 0 aliphatic heterocycles. The van der Waals surface area contributed by atoms with Gasteiger partial charge in [-0.1, -0.05) is 30.3 Å². The van der Waals surface area contributed by atoms with Gasteiger partial charge < -0.3 is 5.73 Å². The second kappa shape index (κ2) is 4.90. The lowest BCUT2D eigenvalue weighted by Gasteiger charge is -2.13. The van der Waals surface area contributed by atoms with Gasteiger partial charge in [0.15, 0.2) is 0 Å². The molecule has 0 radical (unpaired) electrons. The summed E-state index contributed by atoms with van der Waals surface area (Å²) in [7, 11) is 0. The fraction of sp³-hybridized carbons (Fsp3) is 0.214. The lowest BCUT2D eigenvalue weighted by Crippen LogP contribution is -2.13. The molecule has 1 aromatic carbocycles. The van der Waals surface area contributed by atoms with Crippen LogP contribution in [0.1, 0.15) is 22.7 Å². The van der Waals surface area contributed by atoms with Crippen molar-refractivity contribution in [3.05, 3.63) is 65.5 Å². The molecule has 0 bridgehead atoms. The van der Waals surface area contributed by atoms with Crippen molar-refractivity contribution in [2.24, 2.45) is 5.73 Å². The molecule has 0 aliphatic carbocycles. The minimum absolute atomic E-state index is 0.0577. The van der Waals surface area contributed by atoms with Gasteiger partial charge in [0.25, 0.3) is 0 Å². The molecule has 0 amide bonds. The Bertz CT molecular complexity index is 451. The Morgan fingerprint density at radius 2 is 1.94 bits per heavy atom. The van der Waals surface area contributed by atoms with Crippen molar-refractivity contribution in [3.63, 3.8) is 0 Å². The SMILES string of the molecule is Cc1cnccc1CC(N)c1ccccc1. The first kappa shape index (κ1) is 10.8. The van der Waals surface area contributed by atoms with E-state index in [4.69, 9.17) is 5.73 Å². The predicted molar refractivity (Wildman–Crippen MR) is 66.0 cm³/mol. The van der Waals surface area contributed by atoms with Gasteiger partial charge in [-0.15, -0.1) is 0 Å². The first-order valence-electron chi connectivity index (χ1n) is 5.47. The Morgan fingerprint density at radius 1 is 1.19 bits per heavy atom. The summed E-state index contributed by atoms with van der Waals surface area (Å²) < 4.78 is 0. The zero-order valence-corrected chi connectivity index (χ0v) is 9.43. The van der Waals surface area contributed by atoms with Crippen LogP contribution in [0, 0.1) is 6.92 Å². The van der Waals surface area contributed by atoms with Crippen LogP contribution in [-0.2, 0) is 6.42 Å². The average molecular weight is 212 g/mol. The van der Waals surface area contributed by atoms with E-state index in [1.807, 2.05) is 36.7 Å². The molecule has 0 spiro atoms. The van der Waals surface area contributed by atoms with Crippen LogP contribution < -0.4 is 5.73 Å². The van der Waals surface area contributed by atoms with Gasteiger partial charge in [-0.2, -0.15) is 0 Å². The number of aromatic nitrogens is 1. The number of nitrogens with zero attached hydrogens (tertiary/aromatic N) is 1. The zero-order valence-electron chi connectivity index (χ0n) is 9.43. The Kier molecular flexibility index (Phi) is 3.32. The number of nitrogens with two attached hydrogens (primary N) is 1. The fourth-order valence-corrected chi connectivity index (χ4v) is 1.79. The van der Waals surface area contributed by atoms with Gasteiger partial charge >= 0.3 is 0 Å². The maximum absolute atomic E-state index is 6.18. The topological polar surface area (TPSA) is 38.9 Å². The third kappa shape index (κ3) is 2.47. The van der Waals surface area contributed by atoms with E-state index in [1.165, 1.54) is 16.7 Å². The second-order valence-corrected chi connectivity index (χ2v) is 4.02. The summed E-state index contributed by atoms with van der Waals surface area (Å²) in [5.41, 5.74) is 9.83. The summed E-state index contributed by atoms with van der Waals surface area (Å²) in [6.45, 7) is 2.07. The van der Waals surface area contributed by atoms with E-state index in [2.05, 4.69) is 24.0 Å². The summed E-state index contributed by atoms with van der Waals surface area (Å²) in [4.78, 5) is 4.08. The first-order chi connectivity index (χ1) is 7.77. The first-order valence-corrected chi connectivity index (χ1v) is 5.47. The van der Waals surface area contributed by atoms with Crippen molar-refractivity contribution in [1.29, 1.82) is 0 Å². The number of rotatable bonds is 3. The highest BCUT2D eigenvalue weighted by Crippen LogP contribution is 2.17. The van der Waals surface area contributed by atoms with Crippen LogP contribution in [0.5, 0.6) is 0 Å². The van der Waals surface area contributed by atoms with Crippen molar-refractivity contribution >= 4 is 0 Å². The largest absolute Gasteiger partial charge is 0.324 e. The Balaban J connectivity index is 2.14. The van der Waals surface area contributed by atoms with E-state index in [0.717, 1.165) is 6.42 Å². The Hall–Kier alpha value is -1.67. The van der Waals surface area contributed by atoms with Crippen molar-refractivity contribution in [3.8, 4) is 0 Å². The van der Waals surface area contributed by atoms with Gasteiger partial charge in [-0.05, 0) is 36.1 Å². The summed E-state index contributed by atoms with van der Waals surface area (Å²) in [5, 5.41) is 0. The van der Waals surface area contributed by atoms with Crippen LogP contribution in [0.25, 0.3) is 0 Å². The fourth-order valence-electron chi connectivity index (χ4n) is 1.79. The van der Waals surface area contributed by atoms with Crippen LogP contribution in [0.15, 0.2) is 48.8 Å². The summed E-state index contributed by atoms with van der Waals surface area (Å²) in [6.07, 6.45) is 4.56. The molecule has 1 atom stereocenters. The minimum atomic E-state index is 0.0577. The normalized spacial score (nSPS) is 12.4. The molecule has 2 aromatic rings. The molecular formula is C14H16N2. The lowest BCUT2D eigenvalue weighted by molar-refractivity contribution is 0.718. The predicted octanol–water partition coefficient (Wildman–Crippen LogP) is 2.63. The van der Waals surface area contributed by atoms with Crippen molar-refractivity contribution < 1.29 is 0 Å². The van der Waals surface area contributed by atoms with Gasteiger partial charge in [-0.3, -0.25) is 4.98 Å². The molecule has 82 valence electrons. The number of hydrogen-bond acceptors (Lipinski definition) is 2. The van der Waals surface area contributed by atoms with Gasteiger partial charge in [0.2, 0.25) is 0 Å². The maximum atomic E-state index is 6.18. The van der Waals surface area contributed by atoms with Gasteiger partial charge in [-0.25, -0.2) is 0 Å². The molecule has 1 unspecified atom stereocenters. The van der Waals surface area contributed by atoms with E-state index in [9.17, 15) is 0 Å². The molecule has 1 aromatic heterocycles. The second-order valence-electron chi connectivity index (χ2n) is 4.02. The summed E-state index contributed by atoms with van der Waals surface area (Å²) in [6, 6.07) is 12.3. The highest BCUT2D eigenvalue weighted by molar-refractivity contribution is 5.26. The van der Waals surface area contributed by atoms with Crippen LogP contribution >= 0.6 is 0 Å². The smallest absolute Gasteiger partial charge is 0.0335 e. The molecule has 2 rings (SSSR count). The van der Waals surface area contributed by atoms with Gasteiger partial charge in [0, 0.05) is 18.4 Å². The van der Waals surface area contributed by atoms with Gasteiger partial charge in [0.05, 0.1) is 0 Å². The molecular weight excluding hydrogens is 196 g/mol. The van der Waals surface area contributed by atoms with E-state index in [0.29, 0.717) is 0 Å². The van der Waals surface area contributed by atoms with E-state index in [-0.39, 0.29) is 6.04 Å². The standard InChI is InChI=1S/C14H16N2/c1-11-10-16-8-7-13(11)9-14(15)12-5-3-2-4-6-12/h2-8,10,14H,9,15H2,1H3. The summed E-state index contributed by atoms with van der Waals surface area (Å²) in [5.74, 6) is 0. The average Bonchev–Trinajstić information content (AvgIpc) is 2.33. The van der Waals surface area contributed by atoms with E-state index in [1.54, 1.807) is 0 Å². The molecule has 0 saturated carbocycles. The quantitative estimate of drug-likeness (QED) is 0.849. The van der Waals surface area contributed by atoms with E-state index < -0.39 is 0 Å². The van der Waals surface area contributed by atoms with Crippen LogP contribution in [0.4, 0.5) is 0 Å². The Labute approximate surface area is 96.1 Å². The molecule has 16 heavy (non-hydrogen) atoms. The third-order valence-corrected chi connectivity index (χ3v) is 2.80. The number of aryl methyl sites for hydroxylation is 1. The Morgan fingerprint density at radius 3 is 2.62 bits per heavy atom. The van der Waals surface area contributed by atoms with Crippen LogP contribution in [0.3, 0.4) is 0 Å². The van der Waals surface area contributed by atoms with Crippen molar-refractivity contribution in [1.82, 2.24) is 4.98 Å². The third-order valence-electron chi connectivity index (χ3n) is 2.80. The molecule has 2 N–H and O–H groups in total. The highest BCUT2D eigenvalue weighted by Gasteiger charge is 2.07. The van der Waals surface area contributed by atoms with Crippen LogP contribution in [0.2, 0.25) is 0 Å². The van der Waals surface area contributed by atoms with Crippen LogP contribution in [-0.4, -0.2) is 4.98 Å². The molecule has 2 nitrogen and oxygen atoms in total. The minimum Gasteiger partial charge on any atom is -0.324 e. The van der Waals surface area contributed by atoms with E-state index >= 15 is 0 Å².